The van der Waals surface area contributed by atoms with E-state index in [4.69, 9.17) is 5.11 Å². The monoisotopic (exact) mass is 154 g/mol. The first kappa shape index (κ1) is 12.4. The van der Waals surface area contributed by atoms with Crippen molar-refractivity contribution in [2.45, 2.75) is 0 Å². The molecule has 0 amide bonds. The van der Waals surface area contributed by atoms with Gasteiger partial charge in [0.1, 0.15) is 0 Å². The Kier molecular flexibility index (Phi) is 8.40. The van der Waals surface area contributed by atoms with Crippen molar-refractivity contribution in [1.29, 1.82) is 0 Å². The second-order valence-electron chi connectivity index (χ2n) is 1.21. The third-order valence-electron chi connectivity index (χ3n) is 0.505. The minimum atomic E-state index is -1.18. The third kappa shape index (κ3) is 7.68. The Morgan fingerprint density at radius 1 is 1.70 bits per heavy atom. The molecule has 0 aliphatic rings. The molecule has 0 saturated heterocycles. The second-order valence-corrected chi connectivity index (χ2v) is 1.21. The van der Waals surface area contributed by atoms with Crippen molar-refractivity contribution in [2.24, 2.45) is 0 Å². The summed E-state index contributed by atoms with van der Waals surface area (Å²) in [6.07, 6.45) is 0.906. The van der Waals surface area contributed by atoms with Crippen molar-refractivity contribution in [3.8, 4) is 0 Å². The third-order valence-corrected chi connectivity index (χ3v) is 0.505. The van der Waals surface area contributed by atoms with Gasteiger partial charge >= 0.3 is 41.5 Å². The predicted molar refractivity (Wildman–Crippen MR) is 29.9 cm³/mol. The number of carbonyl (C=O) groups excluding carboxylic acids is 1. The van der Waals surface area contributed by atoms with Crippen LogP contribution in [0.15, 0.2) is 12.7 Å². The molecule has 0 aromatic rings. The van der Waals surface area contributed by atoms with Crippen LogP contribution in [0.2, 0.25) is 0 Å². The molecule has 52 valence electrons. The second kappa shape index (κ2) is 6.80. The Labute approximate surface area is 81.6 Å². The summed E-state index contributed by atoms with van der Waals surface area (Å²) in [6, 6.07) is 0. The van der Waals surface area contributed by atoms with E-state index in [0.717, 1.165) is 6.08 Å². The fourth-order valence-electron chi connectivity index (χ4n) is 0.192. The Balaban J connectivity index is -0.000000320. The average Bonchev–Trinajstić information content (AvgIpc) is 1.83. The molecule has 0 heterocycles. The summed E-state index contributed by atoms with van der Waals surface area (Å²) >= 11 is 0. The van der Waals surface area contributed by atoms with E-state index in [2.05, 4.69) is 11.3 Å². The normalized spacial score (nSPS) is 7.20. The van der Waals surface area contributed by atoms with Gasteiger partial charge in [0, 0.05) is 6.08 Å². The van der Waals surface area contributed by atoms with Gasteiger partial charge in [0.15, 0.2) is 6.61 Å². The summed E-state index contributed by atoms with van der Waals surface area (Å²) in [7, 11) is 0. The molecular weight excluding hydrogens is 147 g/mol. The van der Waals surface area contributed by atoms with Crippen LogP contribution in [0, 0.1) is 0 Å². The first-order chi connectivity index (χ1) is 4.16. The topological polar surface area (TPSA) is 63.6 Å². The molecule has 0 spiro atoms. The molecule has 0 saturated carbocycles. The van der Waals surface area contributed by atoms with E-state index in [1.54, 1.807) is 0 Å². The molecule has 5 heteroatoms. The number of aliphatic carboxylic acids is 1. The van der Waals surface area contributed by atoms with Crippen LogP contribution in [-0.2, 0) is 14.3 Å². The van der Waals surface area contributed by atoms with Crippen molar-refractivity contribution in [3.63, 3.8) is 0 Å². The van der Waals surface area contributed by atoms with E-state index in [-0.39, 0.29) is 31.0 Å². The van der Waals surface area contributed by atoms with Gasteiger partial charge < -0.3 is 11.3 Å². The predicted octanol–water partition coefficient (Wildman–Crippen LogP) is -3.08. The van der Waals surface area contributed by atoms with Crippen molar-refractivity contribution >= 4 is 11.9 Å². The van der Waals surface area contributed by atoms with E-state index in [0.29, 0.717) is 0 Å². The van der Waals surface area contributed by atoms with Gasteiger partial charge in [-0.25, -0.2) is 9.59 Å². The van der Waals surface area contributed by atoms with Gasteiger partial charge in [-0.3, -0.25) is 0 Å². The van der Waals surface area contributed by atoms with Gasteiger partial charge in [0.2, 0.25) is 0 Å². The Morgan fingerprint density at radius 2 is 2.20 bits per heavy atom. The van der Waals surface area contributed by atoms with E-state index >= 15 is 0 Å². The number of carboxylic acids is 1. The van der Waals surface area contributed by atoms with Crippen LogP contribution in [0.1, 0.15) is 1.43 Å². The van der Waals surface area contributed by atoms with Gasteiger partial charge in [-0.05, 0) is 0 Å². The van der Waals surface area contributed by atoms with Gasteiger partial charge in [-0.15, -0.1) is 0 Å². The first-order valence-electron chi connectivity index (χ1n) is 2.18. The Morgan fingerprint density at radius 3 is 2.50 bits per heavy atom. The maximum absolute atomic E-state index is 10.1. The zero-order valence-corrected chi connectivity index (χ0v) is 7.66. The van der Waals surface area contributed by atoms with Gasteiger partial charge in [-0.1, -0.05) is 6.58 Å². The molecule has 0 aromatic heterocycles. The zero-order valence-electron chi connectivity index (χ0n) is 6.66. The maximum Gasteiger partial charge on any atom is 1.00 e. The fraction of sp³-hybridized carbons (Fsp3) is 0.200. The smallest absolute Gasteiger partial charge is 1.00 e. The molecular formula is C5H7NaO4. The molecule has 0 aliphatic heterocycles. The SMILES string of the molecule is C=CC(=O)OCC(=O)O.[H-].[Na+]. The van der Waals surface area contributed by atoms with Crippen LogP contribution in [0.4, 0.5) is 0 Å². The Hall–Kier alpha value is -0.320. The summed E-state index contributed by atoms with van der Waals surface area (Å²) in [4.78, 5) is 19.8. The van der Waals surface area contributed by atoms with E-state index in [9.17, 15) is 9.59 Å². The van der Waals surface area contributed by atoms with Gasteiger partial charge in [0.25, 0.3) is 0 Å². The molecule has 0 unspecified atom stereocenters. The summed E-state index contributed by atoms with van der Waals surface area (Å²) in [6.45, 7) is 2.46. The molecule has 0 aliphatic carbocycles. The summed E-state index contributed by atoms with van der Waals surface area (Å²) in [5.74, 6) is -1.90. The van der Waals surface area contributed by atoms with E-state index < -0.39 is 18.5 Å². The number of rotatable bonds is 3. The quantitative estimate of drug-likeness (QED) is 0.266. The van der Waals surface area contributed by atoms with Crippen LogP contribution < -0.4 is 29.6 Å². The number of ether oxygens (including phenoxy) is 1. The number of hydrogen-bond donors (Lipinski definition) is 1. The Bertz CT molecular complexity index is 147. The minimum Gasteiger partial charge on any atom is -1.00 e. The number of hydrogen-bond acceptors (Lipinski definition) is 3. The van der Waals surface area contributed by atoms with Crippen LogP contribution in [-0.4, -0.2) is 23.7 Å². The first-order valence-corrected chi connectivity index (χ1v) is 2.18. The van der Waals surface area contributed by atoms with Crippen LogP contribution in [0.25, 0.3) is 0 Å². The zero-order chi connectivity index (χ0) is 7.28. The standard InChI is InChI=1S/C5H6O4.Na.H/c1-2-5(8)9-3-4(6)7;;/h2H,1,3H2,(H,6,7);;/q;+1;-1. The van der Waals surface area contributed by atoms with Crippen molar-refractivity contribution in [2.75, 3.05) is 6.61 Å². The number of esters is 1. The maximum atomic E-state index is 10.1. The minimum absolute atomic E-state index is 0. The summed E-state index contributed by atoms with van der Waals surface area (Å²) in [5, 5.41) is 7.95. The molecule has 0 fully saturated rings. The van der Waals surface area contributed by atoms with E-state index in [1.165, 1.54) is 0 Å². The molecule has 0 bridgehead atoms. The van der Waals surface area contributed by atoms with Crippen molar-refractivity contribution in [3.05, 3.63) is 12.7 Å². The molecule has 0 aromatic carbocycles. The molecule has 0 atom stereocenters. The van der Waals surface area contributed by atoms with Gasteiger partial charge in [0.05, 0.1) is 0 Å². The molecule has 0 rings (SSSR count). The van der Waals surface area contributed by atoms with Crippen molar-refractivity contribution in [1.82, 2.24) is 0 Å². The molecule has 4 nitrogen and oxygen atoms in total. The summed E-state index contributed by atoms with van der Waals surface area (Å²) in [5.41, 5.74) is 0. The molecule has 10 heavy (non-hydrogen) atoms. The fourth-order valence-corrected chi connectivity index (χ4v) is 0.192. The average molecular weight is 154 g/mol. The molecule has 1 N–H and O–H groups in total. The van der Waals surface area contributed by atoms with Crippen LogP contribution >= 0.6 is 0 Å². The largest absolute Gasteiger partial charge is 1.00 e. The number of carbonyl (C=O) groups is 2. The van der Waals surface area contributed by atoms with Crippen LogP contribution in [0.3, 0.4) is 0 Å². The molecule has 0 radical (unpaired) electrons. The summed E-state index contributed by atoms with van der Waals surface area (Å²) < 4.78 is 4.10. The van der Waals surface area contributed by atoms with Crippen molar-refractivity contribution < 1.29 is 50.4 Å². The number of carboxylic acid groups (broad SMARTS) is 1. The van der Waals surface area contributed by atoms with Gasteiger partial charge in [-0.2, -0.15) is 0 Å². The van der Waals surface area contributed by atoms with E-state index in [1.807, 2.05) is 0 Å². The van der Waals surface area contributed by atoms with Crippen LogP contribution in [0.5, 0.6) is 0 Å².